The predicted octanol–water partition coefficient (Wildman–Crippen LogP) is 3.57. The van der Waals surface area contributed by atoms with Gasteiger partial charge in [-0.25, -0.2) is 4.98 Å². The Bertz CT molecular complexity index is 614. The van der Waals surface area contributed by atoms with E-state index >= 15 is 0 Å². The van der Waals surface area contributed by atoms with Crippen LogP contribution < -0.4 is 15.4 Å². The summed E-state index contributed by atoms with van der Waals surface area (Å²) in [4.78, 5) is 16.1. The molecule has 2 rings (SSSR count). The van der Waals surface area contributed by atoms with Crippen molar-refractivity contribution >= 4 is 29.0 Å². The number of aromatic nitrogens is 1. The molecule has 22 heavy (non-hydrogen) atoms. The Morgan fingerprint density at radius 1 is 1.27 bits per heavy atom. The third-order valence-electron chi connectivity index (χ3n) is 2.92. The smallest absolute Gasteiger partial charge is 0.247 e. The molecule has 1 unspecified atom stereocenters. The van der Waals surface area contributed by atoms with Crippen LogP contribution in [0.1, 0.15) is 13.8 Å². The minimum absolute atomic E-state index is 0.177. The number of hydrogen-bond acceptors (Lipinski definition) is 4. The Labute approximate surface area is 134 Å². The summed E-state index contributed by atoms with van der Waals surface area (Å²) in [6.07, 6.45) is 1.49. The molecule has 0 aliphatic carbocycles. The van der Waals surface area contributed by atoms with E-state index in [1.54, 1.807) is 19.1 Å². The van der Waals surface area contributed by atoms with Crippen molar-refractivity contribution in [3.05, 3.63) is 47.6 Å². The van der Waals surface area contributed by atoms with Crippen LogP contribution in [0.15, 0.2) is 42.6 Å². The van der Waals surface area contributed by atoms with Gasteiger partial charge in [0.2, 0.25) is 5.91 Å². The van der Waals surface area contributed by atoms with E-state index in [0.717, 1.165) is 11.4 Å². The van der Waals surface area contributed by atoms with Gasteiger partial charge in [0.1, 0.15) is 17.6 Å². The van der Waals surface area contributed by atoms with E-state index in [-0.39, 0.29) is 5.91 Å². The van der Waals surface area contributed by atoms with E-state index in [9.17, 15) is 4.79 Å². The summed E-state index contributed by atoms with van der Waals surface area (Å²) < 4.78 is 5.38. The number of hydrogen-bond donors (Lipinski definition) is 2. The number of carbonyl (C=O) groups is 1. The molecule has 0 fully saturated rings. The number of benzene rings is 1. The first-order valence-corrected chi connectivity index (χ1v) is 7.38. The summed E-state index contributed by atoms with van der Waals surface area (Å²) in [6.45, 7) is 4.34. The lowest BCUT2D eigenvalue weighted by Crippen LogP contribution is -2.32. The Kier molecular flexibility index (Phi) is 5.61. The summed E-state index contributed by atoms with van der Waals surface area (Å²) in [5.41, 5.74) is 0.843. The van der Waals surface area contributed by atoms with Gasteiger partial charge in [-0.05, 0) is 50.2 Å². The van der Waals surface area contributed by atoms with Crippen molar-refractivity contribution in [3.8, 4) is 5.75 Å². The highest BCUT2D eigenvalue weighted by atomic mass is 35.5. The Morgan fingerprint density at radius 3 is 2.59 bits per heavy atom. The number of anilines is 2. The van der Waals surface area contributed by atoms with Gasteiger partial charge in [-0.2, -0.15) is 0 Å². The molecule has 0 aliphatic heterocycles. The van der Waals surface area contributed by atoms with Crippen molar-refractivity contribution in [3.63, 3.8) is 0 Å². The maximum absolute atomic E-state index is 12.1. The zero-order valence-corrected chi connectivity index (χ0v) is 13.2. The highest BCUT2D eigenvalue weighted by Crippen LogP contribution is 2.17. The molecule has 1 atom stereocenters. The van der Waals surface area contributed by atoms with Crippen LogP contribution in [0.3, 0.4) is 0 Å². The highest BCUT2D eigenvalue weighted by molar-refractivity contribution is 6.30. The SMILES string of the molecule is CCOc1ccc(NC(C)C(=O)Nc2ccc(Cl)cn2)cc1. The summed E-state index contributed by atoms with van der Waals surface area (Å²) in [5, 5.41) is 6.37. The lowest BCUT2D eigenvalue weighted by Gasteiger charge is -2.15. The van der Waals surface area contributed by atoms with Crippen molar-refractivity contribution < 1.29 is 9.53 Å². The maximum atomic E-state index is 12.1. The minimum Gasteiger partial charge on any atom is -0.494 e. The molecule has 1 heterocycles. The Balaban J connectivity index is 1.91. The standard InChI is InChI=1S/C16H18ClN3O2/c1-3-22-14-7-5-13(6-8-14)19-11(2)16(21)20-15-9-4-12(17)10-18-15/h4-11,19H,3H2,1-2H3,(H,18,20,21). The molecular weight excluding hydrogens is 302 g/mol. The van der Waals surface area contributed by atoms with E-state index in [0.29, 0.717) is 17.4 Å². The molecule has 0 saturated carbocycles. The summed E-state index contributed by atoms with van der Waals surface area (Å²) in [6, 6.07) is 10.4. The summed E-state index contributed by atoms with van der Waals surface area (Å²) in [5.74, 6) is 1.09. The fourth-order valence-electron chi connectivity index (χ4n) is 1.81. The maximum Gasteiger partial charge on any atom is 0.247 e. The van der Waals surface area contributed by atoms with E-state index in [1.165, 1.54) is 6.20 Å². The van der Waals surface area contributed by atoms with Crippen LogP contribution in [0.4, 0.5) is 11.5 Å². The van der Waals surface area contributed by atoms with Crippen molar-refractivity contribution in [1.29, 1.82) is 0 Å². The quantitative estimate of drug-likeness (QED) is 0.854. The molecular formula is C16H18ClN3O2. The van der Waals surface area contributed by atoms with E-state index in [1.807, 2.05) is 31.2 Å². The molecule has 0 aliphatic rings. The lowest BCUT2D eigenvalue weighted by molar-refractivity contribution is -0.116. The van der Waals surface area contributed by atoms with E-state index in [2.05, 4.69) is 15.6 Å². The van der Waals surface area contributed by atoms with Crippen LogP contribution in [0.25, 0.3) is 0 Å². The highest BCUT2D eigenvalue weighted by Gasteiger charge is 2.13. The van der Waals surface area contributed by atoms with Gasteiger partial charge in [-0.15, -0.1) is 0 Å². The van der Waals surface area contributed by atoms with Gasteiger partial charge in [0.15, 0.2) is 0 Å². The zero-order chi connectivity index (χ0) is 15.9. The molecule has 0 bridgehead atoms. The predicted molar refractivity (Wildman–Crippen MR) is 88.6 cm³/mol. The topological polar surface area (TPSA) is 63.2 Å². The zero-order valence-electron chi connectivity index (χ0n) is 12.5. The van der Waals surface area contributed by atoms with Crippen molar-refractivity contribution in [1.82, 2.24) is 4.98 Å². The lowest BCUT2D eigenvalue weighted by atomic mass is 10.2. The molecule has 6 heteroatoms. The van der Waals surface area contributed by atoms with E-state index in [4.69, 9.17) is 16.3 Å². The molecule has 2 aromatic rings. The average Bonchev–Trinajstić information content (AvgIpc) is 2.51. The van der Waals surface area contributed by atoms with Crippen LogP contribution in [0.5, 0.6) is 5.75 Å². The fourth-order valence-corrected chi connectivity index (χ4v) is 1.93. The normalized spacial score (nSPS) is 11.6. The van der Waals surface area contributed by atoms with Crippen LogP contribution in [0.2, 0.25) is 5.02 Å². The number of pyridine rings is 1. The number of halogens is 1. The molecule has 116 valence electrons. The second-order valence-electron chi connectivity index (χ2n) is 4.67. The number of amides is 1. The van der Waals surface area contributed by atoms with Crippen LogP contribution in [0, 0.1) is 0 Å². The molecule has 1 aromatic heterocycles. The fraction of sp³-hybridized carbons (Fsp3) is 0.250. The number of carbonyl (C=O) groups excluding carboxylic acids is 1. The first kappa shape index (κ1) is 16.1. The largest absolute Gasteiger partial charge is 0.494 e. The average molecular weight is 320 g/mol. The number of ether oxygens (including phenoxy) is 1. The second-order valence-corrected chi connectivity index (χ2v) is 5.11. The van der Waals surface area contributed by atoms with Crippen molar-refractivity contribution in [2.45, 2.75) is 19.9 Å². The van der Waals surface area contributed by atoms with Crippen LogP contribution >= 0.6 is 11.6 Å². The molecule has 0 radical (unpaired) electrons. The van der Waals surface area contributed by atoms with Gasteiger partial charge in [0, 0.05) is 11.9 Å². The third-order valence-corrected chi connectivity index (χ3v) is 3.14. The van der Waals surface area contributed by atoms with Gasteiger partial charge < -0.3 is 15.4 Å². The summed E-state index contributed by atoms with van der Waals surface area (Å²) >= 11 is 5.76. The van der Waals surface area contributed by atoms with Gasteiger partial charge in [0.25, 0.3) is 0 Å². The number of nitrogens with one attached hydrogen (secondary N) is 2. The van der Waals surface area contributed by atoms with Gasteiger partial charge in [-0.1, -0.05) is 11.6 Å². The monoisotopic (exact) mass is 319 g/mol. The first-order chi connectivity index (χ1) is 10.6. The van der Waals surface area contributed by atoms with Crippen LogP contribution in [-0.2, 0) is 4.79 Å². The van der Waals surface area contributed by atoms with Gasteiger partial charge in [-0.3, -0.25) is 4.79 Å². The number of nitrogens with zero attached hydrogens (tertiary/aromatic N) is 1. The molecule has 2 N–H and O–H groups in total. The first-order valence-electron chi connectivity index (χ1n) is 7.00. The second kappa shape index (κ2) is 7.66. The van der Waals surface area contributed by atoms with Crippen LogP contribution in [-0.4, -0.2) is 23.5 Å². The Morgan fingerprint density at radius 2 is 2.00 bits per heavy atom. The van der Waals surface area contributed by atoms with Gasteiger partial charge >= 0.3 is 0 Å². The summed E-state index contributed by atoms with van der Waals surface area (Å²) in [7, 11) is 0. The Hall–Kier alpha value is -2.27. The molecule has 1 amide bonds. The molecule has 5 nitrogen and oxygen atoms in total. The minimum atomic E-state index is -0.407. The molecule has 0 spiro atoms. The molecule has 0 saturated heterocycles. The number of rotatable bonds is 6. The third kappa shape index (κ3) is 4.63. The van der Waals surface area contributed by atoms with E-state index < -0.39 is 6.04 Å². The van der Waals surface area contributed by atoms with Crippen molar-refractivity contribution in [2.75, 3.05) is 17.2 Å². The van der Waals surface area contributed by atoms with Gasteiger partial charge in [0.05, 0.1) is 11.6 Å². The molecule has 1 aromatic carbocycles. The van der Waals surface area contributed by atoms with Crippen molar-refractivity contribution in [2.24, 2.45) is 0 Å².